The molecule has 7 heteroatoms. The summed E-state index contributed by atoms with van der Waals surface area (Å²) in [6, 6.07) is 13.4. The first-order valence-electron chi connectivity index (χ1n) is 8.90. The Balaban J connectivity index is 1.37. The molecule has 140 valence electrons. The number of hydrogen-bond acceptors (Lipinski definition) is 6. The molecular formula is C21H19N5OS. The molecule has 2 N–H and O–H groups in total. The molecule has 0 bridgehead atoms. The number of aryl methyl sites for hydroxylation is 1. The fourth-order valence-corrected chi connectivity index (χ4v) is 3.71. The maximum atomic E-state index is 12.3. The Morgan fingerprint density at radius 1 is 1.07 bits per heavy atom. The third-order valence-electron chi connectivity index (χ3n) is 4.30. The molecule has 0 atom stereocenters. The van der Waals surface area contributed by atoms with E-state index in [1.807, 2.05) is 36.4 Å². The SMILES string of the molecule is Cc1cc2c(NCc3ccc(C(=O)NCc4cccnc4)cc3)ncnc2s1. The van der Waals surface area contributed by atoms with E-state index >= 15 is 0 Å². The topological polar surface area (TPSA) is 79.8 Å². The van der Waals surface area contributed by atoms with Gasteiger partial charge in [-0.2, -0.15) is 0 Å². The van der Waals surface area contributed by atoms with Crippen LogP contribution in [0.1, 0.15) is 26.4 Å². The van der Waals surface area contributed by atoms with Crippen LogP contribution in [0.2, 0.25) is 0 Å². The quantitative estimate of drug-likeness (QED) is 0.522. The third-order valence-corrected chi connectivity index (χ3v) is 5.26. The van der Waals surface area contributed by atoms with Crippen LogP contribution in [0, 0.1) is 6.92 Å². The summed E-state index contributed by atoms with van der Waals surface area (Å²) in [5.41, 5.74) is 2.67. The Bertz CT molecular complexity index is 1090. The van der Waals surface area contributed by atoms with Crippen molar-refractivity contribution in [2.75, 3.05) is 5.32 Å². The molecule has 0 aliphatic heterocycles. The Labute approximate surface area is 166 Å². The van der Waals surface area contributed by atoms with Crippen LogP contribution in [0.15, 0.2) is 61.2 Å². The summed E-state index contributed by atoms with van der Waals surface area (Å²) in [6.07, 6.45) is 5.04. The molecule has 4 aromatic rings. The van der Waals surface area contributed by atoms with E-state index in [1.165, 1.54) is 4.88 Å². The predicted molar refractivity (Wildman–Crippen MR) is 111 cm³/mol. The van der Waals surface area contributed by atoms with Crippen molar-refractivity contribution in [3.63, 3.8) is 0 Å². The molecule has 4 rings (SSSR count). The minimum atomic E-state index is -0.102. The molecule has 0 unspecified atom stereocenters. The van der Waals surface area contributed by atoms with Gasteiger partial charge in [0.1, 0.15) is 17.0 Å². The largest absolute Gasteiger partial charge is 0.365 e. The lowest BCUT2D eigenvalue weighted by molar-refractivity contribution is 0.0951. The van der Waals surface area contributed by atoms with E-state index in [0.29, 0.717) is 18.7 Å². The number of fused-ring (bicyclic) bond motifs is 1. The molecule has 6 nitrogen and oxygen atoms in total. The zero-order chi connectivity index (χ0) is 19.3. The number of hydrogen-bond donors (Lipinski definition) is 2. The highest BCUT2D eigenvalue weighted by molar-refractivity contribution is 7.18. The van der Waals surface area contributed by atoms with Gasteiger partial charge in [-0.15, -0.1) is 11.3 Å². The van der Waals surface area contributed by atoms with Crippen LogP contribution >= 0.6 is 11.3 Å². The van der Waals surface area contributed by atoms with Gasteiger partial charge in [0, 0.05) is 35.9 Å². The van der Waals surface area contributed by atoms with E-state index in [4.69, 9.17) is 0 Å². The lowest BCUT2D eigenvalue weighted by atomic mass is 10.1. The van der Waals surface area contributed by atoms with E-state index in [9.17, 15) is 4.79 Å². The number of rotatable bonds is 6. The lowest BCUT2D eigenvalue weighted by Crippen LogP contribution is -2.22. The summed E-state index contributed by atoms with van der Waals surface area (Å²) >= 11 is 1.66. The second kappa shape index (κ2) is 8.14. The summed E-state index contributed by atoms with van der Waals surface area (Å²) in [5, 5.41) is 7.30. The number of amides is 1. The first-order valence-corrected chi connectivity index (χ1v) is 9.72. The van der Waals surface area contributed by atoms with Gasteiger partial charge in [-0.3, -0.25) is 9.78 Å². The molecule has 0 aliphatic carbocycles. The van der Waals surface area contributed by atoms with Crippen molar-refractivity contribution < 1.29 is 4.79 Å². The van der Waals surface area contributed by atoms with Crippen LogP contribution in [0.5, 0.6) is 0 Å². The van der Waals surface area contributed by atoms with Crippen LogP contribution < -0.4 is 10.6 Å². The first-order chi connectivity index (χ1) is 13.7. The first kappa shape index (κ1) is 18.1. The Hall–Kier alpha value is -3.32. The summed E-state index contributed by atoms with van der Waals surface area (Å²) in [7, 11) is 0. The Kier molecular flexibility index (Phi) is 5.25. The van der Waals surface area contributed by atoms with Gasteiger partial charge in [0.05, 0.1) is 5.39 Å². The van der Waals surface area contributed by atoms with Crippen molar-refractivity contribution in [2.45, 2.75) is 20.0 Å². The fourth-order valence-electron chi connectivity index (χ4n) is 2.86. The van der Waals surface area contributed by atoms with Gasteiger partial charge >= 0.3 is 0 Å². The maximum absolute atomic E-state index is 12.3. The van der Waals surface area contributed by atoms with Gasteiger partial charge in [0.15, 0.2) is 0 Å². The molecule has 0 fully saturated rings. The molecule has 1 amide bonds. The number of pyridine rings is 1. The molecule has 3 heterocycles. The summed E-state index contributed by atoms with van der Waals surface area (Å²) < 4.78 is 0. The summed E-state index contributed by atoms with van der Waals surface area (Å²) in [5.74, 6) is 0.724. The lowest BCUT2D eigenvalue weighted by Gasteiger charge is -2.08. The fraction of sp³-hybridized carbons (Fsp3) is 0.143. The van der Waals surface area contributed by atoms with E-state index in [-0.39, 0.29) is 5.91 Å². The molecule has 1 aromatic carbocycles. The van der Waals surface area contributed by atoms with E-state index < -0.39 is 0 Å². The average molecular weight is 389 g/mol. The number of nitrogens with one attached hydrogen (secondary N) is 2. The van der Waals surface area contributed by atoms with Crippen molar-refractivity contribution in [2.24, 2.45) is 0 Å². The number of aromatic nitrogens is 3. The minimum Gasteiger partial charge on any atom is -0.365 e. The number of carbonyl (C=O) groups is 1. The normalized spacial score (nSPS) is 10.8. The number of anilines is 1. The molecule has 0 saturated heterocycles. The van der Waals surface area contributed by atoms with Gasteiger partial charge < -0.3 is 10.6 Å². The Morgan fingerprint density at radius 2 is 1.93 bits per heavy atom. The van der Waals surface area contributed by atoms with Gasteiger partial charge in [0.2, 0.25) is 0 Å². The Morgan fingerprint density at radius 3 is 2.71 bits per heavy atom. The number of nitrogens with zero attached hydrogens (tertiary/aromatic N) is 3. The predicted octanol–water partition coefficient (Wildman–Crippen LogP) is 3.94. The maximum Gasteiger partial charge on any atom is 0.251 e. The van der Waals surface area contributed by atoms with Crippen LogP contribution in [0.3, 0.4) is 0 Å². The summed E-state index contributed by atoms with van der Waals surface area (Å²) in [6.45, 7) is 3.15. The van der Waals surface area contributed by atoms with Crippen molar-refractivity contribution in [3.05, 3.63) is 82.8 Å². The second-order valence-corrected chi connectivity index (χ2v) is 7.63. The number of thiophene rings is 1. The smallest absolute Gasteiger partial charge is 0.251 e. The van der Waals surface area contributed by atoms with Gasteiger partial charge in [0.25, 0.3) is 5.91 Å². The highest BCUT2D eigenvalue weighted by Crippen LogP contribution is 2.27. The van der Waals surface area contributed by atoms with Crippen molar-refractivity contribution in [3.8, 4) is 0 Å². The minimum absolute atomic E-state index is 0.102. The standard InChI is InChI=1S/C21H19N5OS/c1-14-9-18-19(25-13-26-21(18)28-14)23-11-15-4-6-17(7-5-15)20(27)24-12-16-3-2-8-22-10-16/h2-10,13H,11-12H2,1H3,(H,24,27)(H,23,25,26). The highest BCUT2D eigenvalue weighted by atomic mass is 32.1. The molecule has 0 spiro atoms. The molecule has 0 aliphatic rings. The van der Waals surface area contributed by atoms with E-state index in [1.54, 1.807) is 30.1 Å². The van der Waals surface area contributed by atoms with Crippen molar-refractivity contribution >= 4 is 33.3 Å². The van der Waals surface area contributed by atoms with E-state index in [0.717, 1.165) is 27.2 Å². The summed E-state index contributed by atoms with van der Waals surface area (Å²) in [4.78, 5) is 27.2. The molecule has 0 radical (unpaired) electrons. The van der Waals surface area contributed by atoms with E-state index in [2.05, 4.69) is 38.6 Å². The van der Waals surface area contributed by atoms with Crippen molar-refractivity contribution in [1.82, 2.24) is 20.3 Å². The van der Waals surface area contributed by atoms with Crippen LogP contribution in [-0.2, 0) is 13.1 Å². The molecule has 0 saturated carbocycles. The average Bonchev–Trinajstić information content (AvgIpc) is 3.12. The van der Waals surface area contributed by atoms with Crippen molar-refractivity contribution in [1.29, 1.82) is 0 Å². The highest BCUT2D eigenvalue weighted by Gasteiger charge is 2.08. The molecule has 3 aromatic heterocycles. The van der Waals surface area contributed by atoms with Gasteiger partial charge in [-0.05, 0) is 42.3 Å². The van der Waals surface area contributed by atoms with Gasteiger partial charge in [-0.1, -0.05) is 18.2 Å². The van der Waals surface area contributed by atoms with Crippen LogP contribution in [-0.4, -0.2) is 20.9 Å². The van der Waals surface area contributed by atoms with Gasteiger partial charge in [-0.25, -0.2) is 9.97 Å². The number of benzene rings is 1. The third kappa shape index (κ3) is 4.15. The zero-order valence-corrected chi connectivity index (χ0v) is 16.2. The number of carbonyl (C=O) groups excluding carboxylic acids is 1. The zero-order valence-electron chi connectivity index (χ0n) is 15.3. The molecule has 28 heavy (non-hydrogen) atoms. The molecular weight excluding hydrogens is 370 g/mol. The second-order valence-electron chi connectivity index (χ2n) is 6.39. The monoisotopic (exact) mass is 389 g/mol. The van der Waals surface area contributed by atoms with Crippen LogP contribution in [0.25, 0.3) is 10.2 Å². The van der Waals surface area contributed by atoms with Crippen LogP contribution in [0.4, 0.5) is 5.82 Å².